The second-order valence-electron chi connectivity index (χ2n) is 3.71. The van der Waals surface area contributed by atoms with Gasteiger partial charge in [0.25, 0.3) is 0 Å². The van der Waals surface area contributed by atoms with Crippen molar-refractivity contribution in [1.82, 2.24) is 0 Å². The molecule has 1 saturated carbocycles. The van der Waals surface area contributed by atoms with Crippen LogP contribution in [0.5, 0.6) is 11.5 Å². The fraction of sp³-hybridized carbons (Fsp3) is 0.364. The molecule has 5 heteroatoms. The Labute approximate surface area is 101 Å². The first kappa shape index (κ1) is 11.2. The molecule has 0 aromatic heterocycles. The van der Waals surface area contributed by atoms with Crippen LogP contribution in [0.1, 0.15) is 18.4 Å². The van der Waals surface area contributed by atoms with Gasteiger partial charge in [-0.1, -0.05) is 6.07 Å². The maximum absolute atomic E-state index is 10.4. The summed E-state index contributed by atoms with van der Waals surface area (Å²) in [7, 11) is 1.48. The van der Waals surface area contributed by atoms with Crippen LogP contribution in [0.4, 0.5) is 0 Å². The summed E-state index contributed by atoms with van der Waals surface area (Å²) < 4.78 is 5.75. The predicted molar refractivity (Wildman–Crippen MR) is 61.4 cm³/mol. The predicted octanol–water partition coefficient (Wildman–Crippen LogP) is 2.49. The minimum absolute atomic E-state index is 0.0355. The van der Waals surface area contributed by atoms with E-state index >= 15 is 0 Å². The van der Waals surface area contributed by atoms with E-state index < -0.39 is 5.54 Å². The average molecular weight is 284 g/mol. The van der Waals surface area contributed by atoms with Crippen LogP contribution in [0, 0.1) is 0 Å². The molecule has 0 atom stereocenters. The number of benzene rings is 1. The molecule has 0 amide bonds. The number of aromatic hydroxyl groups is 1. The number of methoxy groups -OCH3 is 1. The van der Waals surface area contributed by atoms with Crippen molar-refractivity contribution in [2.75, 3.05) is 7.11 Å². The minimum atomic E-state index is -0.584. The number of halogens is 1. The van der Waals surface area contributed by atoms with Crippen LogP contribution in [0.2, 0.25) is 0 Å². The lowest BCUT2D eigenvalue weighted by Gasteiger charge is -2.14. The molecule has 1 N–H and O–H groups in total. The van der Waals surface area contributed by atoms with E-state index in [4.69, 9.17) is 4.74 Å². The van der Waals surface area contributed by atoms with Crippen molar-refractivity contribution < 1.29 is 14.6 Å². The summed E-state index contributed by atoms with van der Waals surface area (Å²) in [5.41, 5.74) is 0.0377. The SMILES string of the molecule is COc1c(Br)ccc(C2(N=C=O)CC2)c1O. The summed E-state index contributed by atoms with van der Waals surface area (Å²) in [6, 6.07) is 3.52. The van der Waals surface area contributed by atoms with Crippen LogP contribution < -0.4 is 4.74 Å². The van der Waals surface area contributed by atoms with Gasteiger partial charge in [-0.05, 0) is 34.8 Å². The molecule has 1 aliphatic rings. The van der Waals surface area contributed by atoms with Crippen molar-refractivity contribution in [3.63, 3.8) is 0 Å². The van der Waals surface area contributed by atoms with Crippen molar-refractivity contribution in [1.29, 1.82) is 0 Å². The number of aliphatic imine (C=N–C) groups is 1. The van der Waals surface area contributed by atoms with E-state index in [1.165, 1.54) is 7.11 Å². The van der Waals surface area contributed by atoms with E-state index in [1.807, 2.05) is 0 Å². The molecule has 1 aliphatic carbocycles. The normalized spacial score (nSPS) is 16.4. The molecule has 4 nitrogen and oxygen atoms in total. The number of carbonyl (C=O) groups excluding carboxylic acids is 1. The molecule has 0 spiro atoms. The van der Waals surface area contributed by atoms with E-state index in [0.29, 0.717) is 15.8 Å². The van der Waals surface area contributed by atoms with E-state index in [-0.39, 0.29) is 5.75 Å². The van der Waals surface area contributed by atoms with Crippen LogP contribution in [0.15, 0.2) is 21.6 Å². The second kappa shape index (κ2) is 3.92. The van der Waals surface area contributed by atoms with Crippen LogP contribution in [0.25, 0.3) is 0 Å². The maximum Gasteiger partial charge on any atom is 0.235 e. The van der Waals surface area contributed by atoms with Gasteiger partial charge in [-0.3, -0.25) is 0 Å². The molecule has 0 bridgehead atoms. The van der Waals surface area contributed by atoms with Gasteiger partial charge in [0.05, 0.1) is 11.6 Å². The molecule has 2 rings (SSSR count). The zero-order valence-corrected chi connectivity index (χ0v) is 10.2. The highest BCUT2D eigenvalue weighted by Gasteiger charge is 2.47. The van der Waals surface area contributed by atoms with E-state index in [1.54, 1.807) is 18.2 Å². The van der Waals surface area contributed by atoms with Gasteiger partial charge in [0.2, 0.25) is 6.08 Å². The molecule has 0 unspecified atom stereocenters. The molecule has 0 radical (unpaired) electrons. The molecule has 0 aliphatic heterocycles. The largest absolute Gasteiger partial charge is 0.504 e. The standard InChI is InChI=1S/C11H10BrNO3/c1-16-10-8(12)3-2-7(9(10)15)11(4-5-11)13-6-14/h2-3,15H,4-5H2,1H3. The van der Waals surface area contributed by atoms with Crippen LogP contribution in [0.3, 0.4) is 0 Å². The quantitative estimate of drug-likeness (QED) is 0.685. The first-order chi connectivity index (χ1) is 7.64. The fourth-order valence-electron chi connectivity index (χ4n) is 1.76. The van der Waals surface area contributed by atoms with Crippen LogP contribution in [-0.4, -0.2) is 18.3 Å². The monoisotopic (exact) mass is 283 g/mol. The molecule has 1 aromatic rings. The fourth-order valence-corrected chi connectivity index (χ4v) is 2.25. The van der Waals surface area contributed by atoms with E-state index in [2.05, 4.69) is 20.9 Å². The smallest absolute Gasteiger partial charge is 0.235 e. The van der Waals surface area contributed by atoms with E-state index in [0.717, 1.165) is 12.8 Å². The lowest BCUT2D eigenvalue weighted by Crippen LogP contribution is -2.03. The number of phenolic OH excluding ortho intramolecular Hbond substituents is 1. The Bertz CT molecular complexity index is 476. The summed E-state index contributed by atoms with van der Waals surface area (Å²) in [5.74, 6) is 0.401. The van der Waals surface area contributed by atoms with Crippen molar-refractivity contribution >= 4 is 22.0 Å². The van der Waals surface area contributed by atoms with Gasteiger partial charge < -0.3 is 9.84 Å². The Morgan fingerprint density at radius 1 is 1.56 bits per heavy atom. The van der Waals surface area contributed by atoms with Gasteiger partial charge in [0, 0.05) is 5.56 Å². The zero-order valence-electron chi connectivity index (χ0n) is 8.66. The maximum atomic E-state index is 10.4. The molecule has 1 aromatic carbocycles. The van der Waals surface area contributed by atoms with Gasteiger partial charge in [-0.15, -0.1) is 0 Å². The molecule has 0 heterocycles. The Morgan fingerprint density at radius 3 is 2.75 bits per heavy atom. The lowest BCUT2D eigenvalue weighted by molar-refractivity contribution is 0.365. The van der Waals surface area contributed by atoms with Gasteiger partial charge in [0.15, 0.2) is 11.5 Å². The van der Waals surface area contributed by atoms with Crippen molar-refractivity contribution in [2.45, 2.75) is 18.4 Å². The Kier molecular flexibility index (Phi) is 2.74. The van der Waals surface area contributed by atoms with Crippen molar-refractivity contribution in [3.05, 3.63) is 22.2 Å². The molecule has 0 saturated heterocycles. The van der Waals surface area contributed by atoms with Gasteiger partial charge >= 0.3 is 0 Å². The third-order valence-electron chi connectivity index (χ3n) is 2.77. The highest BCUT2D eigenvalue weighted by molar-refractivity contribution is 9.10. The van der Waals surface area contributed by atoms with Gasteiger partial charge in [-0.2, -0.15) is 4.99 Å². The summed E-state index contributed by atoms with van der Waals surface area (Å²) in [5, 5.41) is 10.0. The van der Waals surface area contributed by atoms with Crippen molar-refractivity contribution in [2.24, 2.45) is 4.99 Å². The van der Waals surface area contributed by atoms with Gasteiger partial charge in [0.1, 0.15) is 5.54 Å². The van der Waals surface area contributed by atoms with E-state index in [9.17, 15) is 9.90 Å². The number of isocyanates is 1. The summed E-state index contributed by atoms with van der Waals surface area (Å²) in [6.07, 6.45) is 3.06. The number of hydrogen-bond donors (Lipinski definition) is 1. The molecule has 1 fully saturated rings. The minimum Gasteiger partial charge on any atom is -0.504 e. The second-order valence-corrected chi connectivity index (χ2v) is 4.57. The molecular weight excluding hydrogens is 274 g/mol. The Morgan fingerprint density at radius 2 is 2.25 bits per heavy atom. The lowest BCUT2D eigenvalue weighted by atomic mass is 10.0. The third-order valence-corrected chi connectivity index (χ3v) is 3.40. The number of rotatable bonds is 3. The first-order valence-corrected chi connectivity index (χ1v) is 5.59. The number of hydrogen-bond acceptors (Lipinski definition) is 4. The summed E-state index contributed by atoms with van der Waals surface area (Å²) in [4.78, 5) is 14.1. The Hall–Kier alpha value is -1.32. The topological polar surface area (TPSA) is 58.9 Å². The number of nitrogens with zero attached hydrogens (tertiary/aromatic N) is 1. The zero-order chi connectivity index (χ0) is 11.8. The third kappa shape index (κ3) is 1.62. The number of phenols is 1. The van der Waals surface area contributed by atoms with Gasteiger partial charge in [-0.25, -0.2) is 4.79 Å². The van der Waals surface area contributed by atoms with Crippen LogP contribution in [-0.2, 0) is 10.3 Å². The number of ether oxygens (including phenoxy) is 1. The average Bonchev–Trinajstić information content (AvgIpc) is 3.00. The summed E-state index contributed by atoms with van der Waals surface area (Å²) in [6.45, 7) is 0. The highest BCUT2D eigenvalue weighted by atomic mass is 79.9. The first-order valence-electron chi connectivity index (χ1n) is 4.79. The van der Waals surface area contributed by atoms with Crippen molar-refractivity contribution in [3.8, 4) is 11.5 Å². The molecule has 84 valence electrons. The molecule has 16 heavy (non-hydrogen) atoms. The molecular formula is C11H10BrNO3. The highest BCUT2D eigenvalue weighted by Crippen LogP contribution is 2.54. The Balaban J connectivity index is 2.55. The van der Waals surface area contributed by atoms with Crippen LogP contribution >= 0.6 is 15.9 Å². The summed E-state index contributed by atoms with van der Waals surface area (Å²) >= 11 is 3.27.